The number of methoxy groups -OCH3 is 1. The van der Waals surface area contributed by atoms with E-state index in [1.807, 2.05) is 0 Å². The van der Waals surface area contributed by atoms with Crippen LogP contribution in [0.25, 0.3) is 0 Å². The summed E-state index contributed by atoms with van der Waals surface area (Å²) in [7, 11) is 1.44. The minimum atomic E-state index is -1.19. The number of aliphatic hydroxyl groups is 1. The van der Waals surface area contributed by atoms with Crippen LogP contribution in [-0.4, -0.2) is 23.3 Å². The highest BCUT2D eigenvalue weighted by molar-refractivity contribution is 6.43. The molecular weight excluding hydrogens is 255 g/mol. The molecule has 1 unspecified atom stereocenters. The van der Waals surface area contributed by atoms with E-state index in [2.05, 4.69) is 0 Å². The highest BCUT2D eigenvalue weighted by Crippen LogP contribution is 2.37. The van der Waals surface area contributed by atoms with Gasteiger partial charge in [0.1, 0.15) is 10.8 Å². The molecule has 4 nitrogen and oxygen atoms in total. The Balaban J connectivity index is 3.06. The molecule has 0 aromatic heterocycles. The molecule has 1 aromatic rings. The minimum absolute atomic E-state index is 0.106. The van der Waals surface area contributed by atoms with Crippen molar-refractivity contribution in [2.45, 2.75) is 12.5 Å². The molecule has 0 radical (unpaired) electrons. The van der Waals surface area contributed by atoms with E-state index in [-0.39, 0.29) is 15.6 Å². The fourth-order valence-corrected chi connectivity index (χ4v) is 1.77. The Hall–Kier alpha value is -0.970. The van der Waals surface area contributed by atoms with Gasteiger partial charge in [-0.3, -0.25) is 4.79 Å². The first-order valence-corrected chi connectivity index (χ1v) is 5.14. The van der Waals surface area contributed by atoms with Gasteiger partial charge >= 0.3 is 5.97 Å². The zero-order valence-corrected chi connectivity index (χ0v) is 9.92. The molecule has 0 aliphatic carbocycles. The van der Waals surface area contributed by atoms with Crippen molar-refractivity contribution in [2.75, 3.05) is 7.11 Å². The van der Waals surface area contributed by atoms with Crippen LogP contribution in [0.5, 0.6) is 5.75 Å². The SMILES string of the molecule is COc1ccc(C(O)CC(=O)O)c(Cl)c1Cl. The lowest BCUT2D eigenvalue weighted by Gasteiger charge is -2.13. The molecule has 16 heavy (non-hydrogen) atoms. The molecule has 1 rings (SSSR count). The standard InChI is InChI=1S/C10H10Cl2O4/c1-16-7-3-2-5(9(11)10(7)12)6(13)4-8(14)15/h2-3,6,13H,4H2,1H3,(H,14,15). The van der Waals surface area contributed by atoms with Gasteiger partial charge in [-0.1, -0.05) is 29.3 Å². The van der Waals surface area contributed by atoms with Crippen molar-refractivity contribution >= 4 is 29.2 Å². The molecule has 0 spiro atoms. The average molecular weight is 265 g/mol. The summed E-state index contributed by atoms with van der Waals surface area (Å²) in [6, 6.07) is 3.01. The van der Waals surface area contributed by atoms with E-state index in [4.69, 9.17) is 33.0 Å². The molecule has 6 heteroatoms. The Bertz CT molecular complexity index is 406. The first-order chi connectivity index (χ1) is 7.47. The second-order valence-electron chi connectivity index (χ2n) is 3.10. The van der Waals surface area contributed by atoms with Crippen molar-refractivity contribution in [3.63, 3.8) is 0 Å². The third-order valence-electron chi connectivity index (χ3n) is 2.02. The van der Waals surface area contributed by atoms with Crippen LogP contribution >= 0.6 is 23.2 Å². The van der Waals surface area contributed by atoms with E-state index < -0.39 is 18.5 Å². The van der Waals surface area contributed by atoms with Crippen molar-refractivity contribution < 1.29 is 19.7 Å². The van der Waals surface area contributed by atoms with Crippen LogP contribution in [0, 0.1) is 0 Å². The van der Waals surface area contributed by atoms with Crippen molar-refractivity contribution in [1.29, 1.82) is 0 Å². The number of aliphatic carboxylic acids is 1. The van der Waals surface area contributed by atoms with Gasteiger partial charge in [0.2, 0.25) is 0 Å². The maximum atomic E-state index is 10.4. The monoisotopic (exact) mass is 264 g/mol. The predicted molar refractivity (Wildman–Crippen MR) is 60.2 cm³/mol. The second kappa shape index (κ2) is 5.39. The highest BCUT2D eigenvalue weighted by atomic mass is 35.5. The normalized spacial score (nSPS) is 12.2. The first kappa shape index (κ1) is 13.1. The lowest BCUT2D eigenvalue weighted by molar-refractivity contribution is -0.139. The third kappa shape index (κ3) is 2.78. The van der Waals surface area contributed by atoms with Crippen LogP contribution in [0.2, 0.25) is 10.0 Å². The van der Waals surface area contributed by atoms with Gasteiger partial charge < -0.3 is 14.9 Å². The summed E-state index contributed by atoms with van der Waals surface area (Å²) in [5, 5.41) is 18.4. The van der Waals surface area contributed by atoms with E-state index in [0.717, 1.165) is 0 Å². The number of carboxylic acid groups (broad SMARTS) is 1. The van der Waals surface area contributed by atoms with Gasteiger partial charge in [-0.05, 0) is 6.07 Å². The van der Waals surface area contributed by atoms with Gasteiger partial charge in [0.25, 0.3) is 0 Å². The van der Waals surface area contributed by atoms with E-state index in [9.17, 15) is 9.90 Å². The van der Waals surface area contributed by atoms with Crippen LogP contribution in [0.1, 0.15) is 18.1 Å². The summed E-state index contributed by atoms with van der Waals surface area (Å²) in [4.78, 5) is 10.4. The number of hydrogen-bond donors (Lipinski definition) is 2. The minimum Gasteiger partial charge on any atom is -0.495 e. The number of ether oxygens (including phenoxy) is 1. The van der Waals surface area contributed by atoms with Crippen LogP contribution in [-0.2, 0) is 4.79 Å². The third-order valence-corrected chi connectivity index (χ3v) is 2.90. The zero-order valence-electron chi connectivity index (χ0n) is 8.41. The maximum absolute atomic E-state index is 10.4. The Morgan fingerprint density at radius 2 is 2.06 bits per heavy atom. The van der Waals surface area contributed by atoms with E-state index in [1.54, 1.807) is 0 Å². The van der Waals surface area contributed by atoms with Gasteiger partial charge in [-0.15, -0.1) is 0 Å². The van der Waals surface area contributed by atoms with Gasteiger partial charge in [0, 0.05) is 5.56 Å². The molecule has 88 valence electrons. The second-order valence-corrected chi connectivity index (χ2v) is 3.85. The van der Waals surface area contributed by atoms with Crippen LogP contribution in [0.15, 0.2) is 12.1 Å². The molecule has 0 saturated carbocycles. The fourth-order valence-electron chi connectivity index (χ4n) is 1.24. The number of aliphatic hydroxyl groups excluding tert-OH is 1. The average Bonchev–Trinajstić information content (AvgIpc) is 2.20. The lowest BCUT2D eigenvalue weighted by atomic mass is 10.1. The van der Waals surface area contributed by atoms with Gasteiger partial charge in [-0.2, -0.15) is 0 Å². The summed E-state index contributed by atoms with van der Waals surface area (Å²) >= 11 is 11.8. The van der Waals surface area contributed by atoms with E-state index >= 15 is 0 Å². The molecule has 0 aliphatic heterocycles. The molecule has 0 bridgehead atoms. The lowest BCUT2D eigenvalue weighted by Crippen LogP contribution is -2.06. The van der Waals surface area contributed by atoms with E-state index in [1.165, 1.54) is 19.2 Å². The molecule has 1 aromatic carbocycles. The number of benzene rings is 1. The molecule has 0 amide bonds. The zero-order chi connectivity index (χ0) is 12.3. The number of hydrogen-bond acceptors (Lipinski definition) is 3. The van der Waals surface area contributed by atoms with Crippen LogP contribution in [0.4, 0.5) is 0 Å². The topological polar surface area (TPSA) is 66.8 Å². The predicted octanol–water partition coefficient (Wildman–Crippen LogP) is 2.51. The molecule has 0 saturated heterocycles. The maximum Gasteiger partial charge on any atom is 0.306 e. The summed E-state index contributed by atoms with van der Waals surface area (Å²) in [6.45, 7) is 0. The molecule has 1 atom stereocenters. The number of rotatable bonds is 4. The smallest absolute Gasteiger partial charge is 0.306 e. The van der Waals surface area contributed by atoms with Crippen LogP contribution in [0.3, 0.4) is 0 Å². The highest BCUT2D eigenvalue weighted by Gasteiger charge is 2.18. The number of carbonyl (C=O) groups is 1. The van der Waals surface area contributed by atoms with Gasteiger partial charge in [0.05, 0.1) is 24.7 Å². The summed E-state index contributed by atoms with van der Waals surface area (Å²) in [5.74, 6) is -0.742. The summed E-state index contributed by atoms with van der Waals surface area (Å²) < 4.78 is 4.93. The molecule has 2 N–H and O–H groups in total. The van der Waals surface area contributed by atoms with Crippen molar-refractivity contribution in [1.82, 2.24) is 0 Å². The summed E-state index contributed by atoms with van der Waals surface area (Å²) in [6.07, 6.45) is -1.61. The molecule has 0 heterocycles. The van der Waals surface area contributed by atoms with Crippen molar-refractivity contribution in [2.24, 2.45) is 0 Å². The Morgan fingerprint density at radius 3 is 2.56 bits per heavy atom. The van der Waals surface area contributed by atoms with Gasteiger partial charge in [0.15, 0.2) is 0 Å². The Morgan fingerprint density at radius 1 is 1.44 bits per heavy atom. The fraction of sp³-hybridized carbons (Fsp3) is 0.300. The largest absolute Gasteiger partial charge is 0.495 e. The van der Waals surface area contributed by atoms with Crippen molar-refractivity contribution in [3.8, 4) is 5.75 Å². The Labute approximate surface area is 102 Å². The van der Waals surface area contributed by atoms with E-state index in [0.29, 0.717) is 5.75 Å². The number of carboxylic acids is 1. The van der Waals surface area contributed by atoms with Crippen LogP contribution < -0.4 is 4.74 Å². The summed E-state index contributed by atoms with van der Waals surface area (Å²) in [5.41, 5.74) is 0.273. The number of halogens is 2. The quantitative estimate of drug-likeness (QED) is 0.877. The molecular formula is C10H10Cl2O4. The van der Waals surface area contributed by atoms with Crippen molar-refractivity contribution in [3.05, 3.63) is 27.7 Å². The molecule has 0 aliphatic rings. The first-order valence-electron chi connectivity index (χ1n) is 4.39. The molecule has 0 fully saturated rings. The van der Waals surface area contributed by atoms with Gasteiger partial charge in [-0.25, -0.2) is 0 Å². The Kier molecular flexibility index (Phi) is 4.41.